The van der Waals surface area contributed by atoms with Crippen LogP contribution in [0.5, 0.6) is 17.2 Å². The van der Waals surface area contributed by atoms with Crippen LogP contribution >= 0.6 is 0 Å². The van der Waals surface area contributed by atoms with Crippen molar-refractivity contribution < 1.29 is 19.0 Å². The smallest absolute Gasteiger partial charge is 0.244 e. The SMILES string of the molecule is COc1ccc(/C(C)=N\NC(=O)Cc2ccc(OC)c(OC)c2)cc1. The van der Waals surface area contributed by atoms with Crippen molar-refractivity contribution in [2.24, 2.45) is 5.10 Å². The molecular formula is C19H22N2O4. The minimum Gasteiger partial charge on any atom is -0.497 e. The molecule has 25 heavy (non-hydrogen) atoms. The Bertz CT molecular complexity index is 755. The fourth-order valence-corrected chi connectivity index (χ4v) is 2.26. The summed E-state index contributed by atoms with van der Waals surface area (Å²) in [6.45, 7) is 1.83. The normalized spacial score (nSPS) is 11.0. The molecule has 0 atom stereocenters. The lowest BCUT2D eigenvalue weighted by Gasteiger charge is -2.09. The molecule has 2 aromatic carbocycles. The minimum absolute atomic E-state index is 0.194. The maximum absolute atomic E-state index is 12.1. The third kappa shape index (κ3) is 4.97. The predicted octanol–water partition coefficient (Wildman–Crippen LogP) is 2.80. The van der Waals surface area contributed by atoms with Gasteiger partial charge in [0.05, 0.1) is 33.5 Å². The van der Waals surface area contributed by atoms with E-state index < -0.39 is 0 Å². The van der Waals surface area contributed by atoms with Crippen molar-refractivity contribution >= 4 is 11.6 Å². The monoisotopic (exact) mass is 342 g/mol. The molecule has 0 unspecified atom stereocenters. The second-order valence-corrected chi connectivity index (χ2v) is 5.33. The van der Waals surface area contributed by atoms with E-state index in [0.717, 1.165) is 16.9 Å². The molecule has 0 aliphatic heterocycles. The van der Waals surface area contributed by atoms with E-state index in [1.54, 1.807) is 33.5 Å². The molecule has 0 bridgehead atoms. The quantitative estimate of drug-likeness (QED) is 0.620. The van der Waals surface area contributed by atoms with Gasteiger partial charge in [0, 0.05) is 0 Å². The number of hydrogen-bond acceptors (Lipinski definition) is 5. The highest BCUT2D eigenvalue weighted by molar-refractivity contribution is 5.99. The van der Waals surface area contributed by atoms with Crippen LogP contribution in [0.25, 0.3) is 0 Å². The van der Waals surface area contributed by atoms with Gasteiger partial charge in [-0.3, -0.25) is 4.79 Å². The van der Waals surface area contributed by atoms with Crippen LogP contribution in [0.1, 0.15) is 18.1 Å². The Balaban J connectivity index is 1.99. The first-order valence-electron chi connectivity index (χ1n) is 7.75. The Morgan fingerprint density at radius 3 is 2.24 bits per heavy atom. The van der Waals surface area contributed by atoms with Crippen molar-refractivity contribution in [1.29, 1.82) is 0 Å². The van der Waals surface area contributed by atoms with Crippen molar-refractivity contribution in [3.8, 4) is 17.2 Å². The van der Waals surface area contributed by atoms with Crippen molar-refractivity contribution in [2.75, 3.05) is 21.3 Å². The number of nitrogens with zero attached hydrogens (tertiary/aromatic N) is 1. The summed E-state index contributed by atoms with van der Waals surface area (Å²) in [5.41, 5.74) is 5.00. The maximum Gasteiger partial charge on any atom is 0.244 e. The molecule has 6 heteroatoms. The first kappa shape index (κ1) is 18.3. The number of hydrogen-bond donors (Lipinski definition) is 1. The Labute approximate surface area is 147 Å². The van der Waals surface area contributed by atoms with Crippen LogP contribution in [-0.2, 0) is 11.2 Å². The lowest BCUT2D eigenvalue weighted by Crippen LogP contribution is -2.21. The molecule has 0 spiro atoms. The number of ether oxygens (including phenoxy) is 3. The summed E-state index contributed by atoms with van der Waals surface area (Å²) < 4.78 is 15.5. The third-order valence-electron chi connectivity index (χ3n) is 3.67. The molecule has 0 aliphatic carbocycles. The predicted molar refractivity (Wildman–Crippen MR) is 96.6 cm³/mol. The van der Waals surface area contributed by atoms with E-state index in [1.165, 1.54) is 0 Å². The Morgan fingerprint density at radius 2 is 1.64 bits per heavy atom. The summed E-state index contributed by atoms with van der Waals surface area (Å²) in [7, 11) is 4.75. The second kappa shape index (κ2) is 8.73. The molecule has 132 valence electrons. The first-order chi connectivity index (χ1) is 12.1. The third-order valence-corrected chi connectivity index (χ3v) is 3.67. The van der Waals surface area contributed by atoms with Gasteiger partial charge in [-0.05, 0) is 54.4 Å². The summed E-state index contributed by atoms with van der Waals surface area (Å²) in [6.07, 6.45) is 0.194. The topological polar surface area (TPSA) is 69.2 Å². The summed E-state index contributed by atoms with van der Waals surface area (Å²) in [5, 5.41) is 4.14. The molecule has 1 N–H and O–H groups in total. The van der Waals surface area contributed by atoms with Gasteiger partial charge in [0.25, 0.3) is 0 Å². The number of nitrogens with one attached hydrogen (secondary N) is 1. The lowest BCUT2D eigenvalue weighted by molar-refractivity contribution is -0.120. The van der Waals surface area contributed by atoms with Gasteiger partial charge in [0.15, 0.2) is 11.5 Å². The lowest BCUT2D eigenvalue weighted by atomic mass is 10.1. The van der Waals surface area contributed by atoms with Crippen LogP contribution in [-0.4, -0.2) is 32.9 Å². The highest BCUT2D eigenvalue weighted by Gasteiger charge is 2.08. The number of amides is 1. The molecule has 2 rings (SSSR count). The first-order valence-corrected chi connectivity index (χ1v) is 7.75. The van der Waals surface area contributed by atoms with Gasteiger partial charge >= 0.3 is 0 Å². The zero-order valence-corrected chi connectivity index (χ0v) is 14.8. The molecule has 1 amide bonds. The number of carbonyl (C=O) groups is 1. The fourth-order valence-electron chi connectivity index (χ4n) is 2.26. The maximum atomic E-state index is 12.1. The largest absolute Gasteiger partial charge is 0.497 e. The summed E-state index contributed by atoms with van der Waals surface area (Å²) >= 11 is 0. The van der Waals surface area contributed by atoms with Gasteiger partial charge in [-0.2, -0.15) is 5.10 Å². The van der Waals surface area contributed by atoms with Crippen LogP contribution in [0.3, 0.4) is 0 Å². The zero-order valence-electron chi connectivity index (χ0n) is 14.8. The Morgan fingerprint density at radius 1 is 0.960 bits per heavy atom. The zero-order chi connectivity index (χ0) is 18.2. The van der Waals surface area contributed by atoms with Crippen LogP contribution in [0.2, 0.25) is 0 Å². The highest BCUT2D eigenvalue weighted by Crippen LogP contribution is 2.27. The number of carbonyl (C=O) groups excluding carboxylic acids is 1. The van der Waals surface area contributed by atoms with Crippen molar-refractivity contribution in [3.63, 3.8) is 0 Å². The van der Waals surface area contributed by atoms with Crippen molar-refractivity contribution in [1.82, 2.24) is 5.43 Å². The number of hydrazone groups is 1. The molecule has 6 nitrogen and oxygen atoms in total. The van der Waals surface area contributed by atoms with Crippen LogP contribution in [0.15, 0.2) is 47.6 Å². The Hall–Kier alpha value is -3.02. The molecule has 0 saturated carbocycles. The summed E-state index contributed by atoms with van der Waals surface area (Å²) in [6, 6.07) is 12.8. The molecule has 0 heterocycles. The standard InChI is InChI=1S/C19H22N2O4/c1-13(15-6-8-16(23-2)9-7-15)20-21-19(22)12-14-5-10-17(24-3)18(11-14)25-4/h5-11H,12H2,1-4H3,(H,21,22)/b20-13-. The van der Waals surface area contributed by atoms with E-state index in [9.17, 15) is 4.79 Å². The van der Waals surface area contributed by atoms with Gasteiger partial charge in [-0.25, -0.2) is 5.43 Å². The van der Waals surface area contributed by atoms with E-state index in [0.29, 0.717) is 17.2 Å². The molecule has 2 aromatic rings. The molecule has 0 radical (unpaired) electrons. The number of rotatable bonds is 7. The van der Waals surface area contributed by atoms with Crippen molar-refractivity contribution in [2.45, 2.75) is 13.3 Å². The molecule has 0 fully saturated rings. The van der Waals surface area contributed by atoms with Crippen LogP contribution in [0, 0.1) is 0 Å². The van der Waals surface area contributed by atoms with Gasteiger partial charge in [-0.1, -0.05) is 6.07 Å². The molecule has 0 aliphatic rings. The average molecular weight is 342 g/mol. The van der Waals surface area contributed by atoms with E-state index in [-0.39, 0.29) is 12.3 Å². The van der Waals surface area contributed by atoms with E-state index in [2.05, 4.69) is 10.5 Å². The van der Waals surface area contributed by atoms with Gasteiger partial charge in [0.2, 0.25) is 5.91 Å². The van der Waals surface area contributed by atoms with Gasteiger partial charge < -0.3 is 14.2 Å². The van der Waals surface area contributed by atoms with Crippen LogP contribution < -0.4 is 19.6 Å². The highest BCUT2D eigenvalue weighted by atomic mass is 16.5. The van der Waals surface area contributed by atoms with Crippen LogP contribution in [0.4, 0.5) is 0 Å². The molecule has 0 aromatic heterocycles. The number of methoxy groups -OCH3 is 3. The minimum atomic E-state index is -0.208. The summed E-state index contributed by atoms with van der Waals surface area (Å²) in [5.74, 6) is 1.78. The van der Waals surface area contributed by atoms with Gasteiger partial charge in [0.1, 0.15) is 5.75 Å². The average Bonchev–Trinajstić information content (AvgIpc) is 2.66. The van der Waals surface area contributed by atoms with Crippen molar-refractivity contribution in [3.05, 3.63) is 53.6 Å². The molecular weight excluding hydrogens is 320 g/mol. The fraction of sp³-hybridized carbons (Fsp3) is 0.263. The van der Waals surface area contributed by atoms with E-state index >= 15 is 0 Å². The summed E-state index contributed by atoms with van der Waals surface area (Å²) in [4.78, 5) is 12.1. The molecule has 0 saturated heterocycles. The van der Waals surface area contributed by atoms with Gasteiger partial charge in [-0.15, -0.1) is 0 Å². The second-order valence-electron chi connectivity index (χ2n) is 5.33. The van der Waals surface area contributed by atoms with E-state index in [4.69, 9.17) is 14.2 Å². The Kier molecular flexibility index (Phi) is 6.39. The number of benzene rings is 2. The van der Waals surface area contributed by atoms with E-state index in [1.807, 2.05) is 37.3 Å².